The smallest absolute Gasteiger partial charge is 0.163 e. The van der Waals surface area contributed by atoms with Crippen LogP contribution in [0.1, 0.15) is 26.2 Å². The predicted molar refractivity (Wildman–Crippen MR) is 46.8 cm³/mol. The van der Waals surface area contributed by atoms with E-state index in [2.05, 4.69) is 0 Å². The van der Waals surface area contributed by atoms with Crippen molar-refractivity contribution >= 4 is 12.1 Å². The van der Waals surface area contributed by atoms with Crippen LogP contribution in [0.4, 0.5) is 0 Å². The number of hydrogen-bond donors (Lipinski definition) is 0. The fourth-order valence-corrected chi connectivity index (χ4v) is 1.38. The zero-order chi connectivity index (χ0) is 8.97. The summed E-state index contributed by atoms with van der Waals surface area (Å²) in [5.41, 5.74) is 1.27. The molecule has 12 heavy (non-hydrogen) atoms. The number of allylic oxidation sites excluding steroid dienone is 4. The number of carbonyl (C=O) groups is 2. The minimum absolute atomic E-state index is 0.0986. The van der Waals surface area contributed by atoms with E-state index < -0.39 is 0 Å². The molecule has 0 aromatic carbocycles. The monoisotopic (exact) mass is 164 g/mol. The van der Waals surface area contributed by atoms with Gasteiger partial charge in [0, 0.05) is 17.6 Å². The van der Waals surface area contributed by atoms with Crippen LogP contribution in [-0.4, -0.2) is 12.1 Å². The van der Waals surface area contributed by atoms with Gasteiger partial charge in [-0.1, -0.05) is 12.2 Å². The molecule has 0 spiro atoms. The van der Waals surface area contributed by atoms with Crippen molar-refractivity contribution in [2.24, 2.45) is 0 Å². The van der Waals surface area contributed by atoms with E-state index in [4.69, 9.17) is 0 Å². The van der Waals surface area contributed by atoms with Gasteiger partial charge in [-0.15, -0.1) is 0 Å². The van der Waals surface area contributed by atoms with E-state index in [9.17, 15) is 9.59 Å². The van der Waals surface area contributed by atoms with E-state index in [0.29, 0.717) is 17.6 Å². The molecule has 0 radical (unpaired) electrons. The molecule has 0 N–H and O–H groups in total. The van der Waals surface area contributed by atoms with E-state index in [1.807, 2.05) is 6.92 Å². The Morgan fingerprint density at radius 3 is 2.67 bits per heavy atom. The molecule has 0 bridgehead atoms. The van der Waals surface area contributed by atoms with Crippen LogP contribution in [0.25, 0.3) is 0 Å². The number of carbonyl (C=O) groups excluding carboxylic acids is 2. The summed E-state index contributed by atoms with van der Waals surface area (Å²) in [6.45, 7) is 1.84. The van der Waals surface area contributed by atoms with Gasteiger partial charge in [-0.25, -0.2) is 0 Å². The van der Waals surface area contributed by atoms with Crippen LogP contribution >= 0.6 is 0 Å². The standard InChI is InChI=1S/C10H12O2/c1-2-4-9-8(7-11)5-3-6-10(9)12/h2,4,7H,3,5-6H2,1H3/b4-2+. The van der Waals surface area contributed by atoms with Crippen molar-refractivity contribution in [2.45, 2.75) is 26.2 Å². The second kappa shape index (κ2) is 4.00. The summed E-state index contributed by atoms with van der Waals surface area (Å²) in [7, 11) is 0. The van der Waals surface area contributed by atoms with Gasteiger partial charge in [-0.3, -0.25) is 9.59 Å². The Bertz CT molecular complexity index is 259. The second-order valence-corrected chi connectivity index (χ2v) is 2.83. The van der Waals surface area contributed by atoms with Crippen molar-refractivity contribution in [2.75, 3.05) is 0 Å². The lowest BCUT2D eigenvalue weighted by atomic mass is 9.91. The van der Waals surface area contributed by atoms with Crippen molar-refractivity contribution in [3.63, 3.8) is 0 Å². The molecular weight excluding hydrogens is 152 g/mol. The fourth-order valence-electron chi connectivity index (χ4n) is 1.38. The van der Waals surface area contributed by atoms with Crippen molar-refractivity contribution < 1.29 is 9.59 Å². The first-order valence-corrected chi connectivity index (χ1v) is 4.13. The maximum atomic E-state index is 11.3. The molecule has 0 saturated heterocycles. The summed E-state index contributed by atoms with van der Waals surface area (Å²) in [6.07, 6.45) is 6.46. The molecule has 2 nitrogen and oxygen atoms in total. The van der Waals surface area contributed by atoms with Gasteiger partial charge in [0.05, 0.1) is 0 Å². The highest BCUT2D eigenvalue weighted by molar-refractivity contribution is 6.03. The van der Waals surface area contributed by atoms with Gasteiger partial charge >= 0.3 is 0 Å². The first kappa shape index (κ1) is 8.91. The van der Waals surface area contributed by atoms with Gasteiger partial charge in [0.25, 0.3) is 0 Å². The Morgan fingerprint density at radius 1 is 1.33 bits per heavy atom. The van der Waals surface area contributed by atoms with E-state index >= 15 is 0 Å². The Kier molecular flexibility index (Phi) is 2.97. The Hall–Kier alpha value is -1.18. The number of hydrogen-bond acceptors (Lipinski definition) is 2. The van der Waals surface area contributed by atoms with Crippen LogP contribution in [0.3, 0.4) is 0 Å². The van der Waals surface area contributed by atoms with Gasteiger partial charge < -0.3 is 0 Å². The first-order chi connectivity index (χ1) is 5.79. The summed E-state index contributed by atoms with van der Waals surface area (Å²) in [6, 6.07) is 0. The van der Waals surface area contributed by atoms with E-state index in [-0.39, 0.29) is 5.78 Å². The summed E-state index contributed by atoms with van der Waals surface area (Å²) in [5.74, 6) is 0.0986. The number of rotatable bonds is 2. The van der Waals surface area contributed by atoms with Crippen molar-refractivity contribution in [1.29, 1.82) is 0 Å². The molecule has 1 aliphatic carbocycles. The molecule has 0 atom stereocenters. The molecule has 0 fully saturated rings. The van der Waals surface area contributed by atoms with Crippen LogP contribution in [0.2, 0.25) is 0 Å². The van der Waals surface area contributed by atoms with E-state index in [0.717, 1.165) is 19.1 Å². The third kappa shape index (κ3) is 1.70. The normalized spacial score (nSPS) is 18.9. The van der Waals surface area contributed by atoms with E-state index in [1.165, 1.54) is 0 Å². The van der Waals surface area contributed by atoms with Gasteiger partial charge in [0.2, 0.25) is 0 Å². The summed E-state index contributed by atoms with van der Waals surface area (Å²) >= 11 is 0. The van der Waals surface area contributed by atoms with Crippen molar-refractivity contribution in [1.82, 2.24) is 0 Å². The Morgan fingerprint density at radius 2 is 2.08 bits per heavy atom. The zero-order valence-corrected chi connectivity index (χ0v) is 7.17. The summed E-state index contributed by atoms with van der Waals surface area (Å²) in [5, 5.41) is 0. The summed E-state index contributed by atoms with van der Waals surface area (Å²) < 4.78 is 0. The van der Waals surface area contributed by atoms with Crippen LogP contribution < -0.4 is 0 Å². The molecule has 0 aliphatic heterocycles. The van der Waals surface area contributed by atoms with Crippen LogP contribution in [0, 0.1) is 0 Å². The zero-order valence-electron chi connectivity index (χ0n) is 7.17. The lowest BCUT2D eigenvalue weighted by Gasteiger charge is -2.11. The Balaban J connectivity index is 3.03. The van der Waals surface area contributed by atoms with Gasteiger partial charge in [-0.05, 0) is 19.8 Å². The minimum Gasteiger partial charge on any atom is -0.298 e. The molecular formula is C10H12O2. The third-order valence-corrected chi connectivity index (χ3v) is 1.97. The summed E-state index contributed by atoms with van der Waals surface area (Å²) in [4.78, 5) is 21.8. The molecule has 0 aromatic heterocycles. The van der Waals surface area contributed by atoms with Gasteiger partial charge in [-0.2, -0.15) is 0 Å². The molecule has 0 unspecified atom stereocenters. The number of Topliss-reactive ketones (excluding diaryl/α,β-unsaturated/α-hetero) is 1. The molecule has 1 rings (SSSR count). The highest BCUT2D eigenvalue weighted by Crippen LogP contribution is 2.21. The average Bonchev–Trinajstić information content (AvgIpc) is 2.09. The fraction of sp³-hybridized carbons (Fsp3) is 0.400. The number of aldehydes is 1. The highest BCUT2D eigenvalue weighted by Gasteiger charge is 2.17. The first-order valence-electron chi connectivity index (χ1n) is 4.13. The molecule has 1 aliphatic rings. The Labute approximate surface area is 72.0 Å². The molecule has 0 amide bonds. The average molecular weight is 164 g/mol. The SMILES string of the molecule is C/C=C/C1=C(C=O)CCCC1=O. The molecule has 64 valence electrons. The maximum absolute atomic E-state index is 11.3. The third-order valence-electron chi connectivity index (χ3n) is 1.97. The highest BCUT2D eigenvalue weighted by atomic mass is 16.1. The topological polar surface area (TPSA) is 34.1 Å². The molecule has 0 heterocycles. The largest absolute Gasteiger partial charge is 0.298 e. The second-order valence-electron chi connectivity index (χ2n) is 2.83. The molecule has 2 heteroatoms. The maximum Gasteiger partial charge on any atom is 0.163 e. The lowest BCUT2D eigenvalue weighted by Crippen LogP contribution is -2.10. The van der Waals surface area contributed by atoms with Crippen molar-refractivity contribution in [3.8, 4) is 0 Å². The number of ketones is 1. The minimum atomic E-state index is 0.0986. The van der Waals surface area contributed by atoms with E-state index in [1.54, 1.807) is 12.2 Å². The molecule has 0 saturated carbocycles. The van der Waals surface area contributed by atoms with Crippen LogP contribution in [-0.2, 0) is 9.59 Å². The molecule has 0 aromatic rings. The van der Waals surface area contributed by atoms with Crippen LogP contribution in [0.15, 0.2) is 23.3 Å². The quantitative estimate of drug-likeness (QED) is 0.583. The predicted octanol–water partition coefficient (Wildman–Crippen LogP) is 1.81. The van der Waals surface area contributed by atoms with Crippen LogP contribution in [0.5, 0.6) is 0 Å². The van der Waals surface area contributed by atoms with Crippen molar-refractivity contribution in [3.05, 3.63) is 23.3 Å². The van der Waals surface area contributed by atoms with Gasteiger partial charge in [0.15, 0.2) is 5.78 Å². The van der Waals surface area contributed by atoms with Gasteiger partial charge in [0.1, 0.15) is 6.29 Å². The lowest BCUT2D eigenvalue weighted by molar-refractivity contribution is -0.116.